The topological polar surface area (TPSA) is 79.9 Å². The second-order valence-electron chi connectivity index (χ2n) is 5.08. The zero-order chi connectivity index (χ0) is 19.3. The van der Waals surface area contributed by atoms with Crippen molar-refractivity contribution in [2.24, 2.45) is 10.7 Å². The second-order valence-corrected chi connectivity index (χ2v) is 5.49. The second kappa shape index (κ2) is 9.95. The van der Waals surface area contributed by atoms with Gasteiger partial charge >= 0.3 is 6.36 Å². The number of nitrogens with zero attached hydrogens (tertiary/aromatic N) is 1. The number of aliphatic hydroxyl groups excluding tert-OH is 1. The van der Waals surface area contributed by atoms with E-state index in [9.17, 15) is 22.7 Å². The Morgan fingerprint density at radius 1 is 1.26 bits per heavy atom. The predicted octanol–water partition coefficient (Wildman–Crippen LogP) is 4.46. The van der Waals surface area contributed by atoms with Crippen molar-refractivity contribution in [2.45, 2.75) is 12.5 Å². The molecule has 1 unspecified atom stereocenters. The van der Waals surface area contributed by atoms with Gasteiger partial charge in [0, 0.05) is 0 Å². The molecule has 11 heteroatoms. The Morgan fingerprint density at radius 3 is 2.56 bits per heavy atom. The smallest absolute Gasteiger partial charge is 0.404 e. The Morgan fingerprint density at radius 2 is 1.93 bits per heavy atom. The van der Waals surface area contributed by atoms with Crippen LogP contribution in [-0.4, -0.2) is 24.0 Å². The summed E-state index contributed by atoms with van der Waals surface area (Å²) in [4.78, 5) is 3.83. The minimum atomic E-state index is -4.86. The number of anilines is 1. The lowest BCUT2D eigenvalue weighted by Crippen LogP contribution is -2.25. The first-order chi connectivity index (χ1) is 12.2. The summed E-state index contributed by atoms with van der Waals surface area (Å²) >= 11 is 5.56. The van der Waals surface area contributed by atoms with E-state index in [0.717, 1.165) is 12.1 Å². The summed E-state index contributed by atoms with van der Waals surface area (Å²) in [6.45, 7) is -0.248. The monoisotopic (exact) mass is 519 g/mol. The van der Waals surface area contributed by atoms with Crippen LogP contribution in [0.1, 0.15) is 11.7 Å². The Hall–Kier alpha value is -1.79. The van der Waals surface area contributed by atoms with Crippen molar-refractivity contribution in [3.63, 3.8) is 0 Å². The molecule has 4 N–H and O–H groups in total. The first-order valence-electron chi connectivity index (χ1n) is 7.20. The summed E-state index contributed by atoms with van der Waals surface area (Å²) < 4.78 is 54.4. The number of hydrogen-bond donors (Lipinski definition) is 3. The predicted molar refractivity (Wildman–Crippen MR) is 105 cm³/mol. The van der Waals surface area contributed by atoms with Crippen molar-refractivity contribution in [1.29, 1.82) is 0 Å². The van der Waals surface area contributed by atoms with E-state index in [1.54, 1.807) is 0 Å². The lowest BCUT2D eigenvalue weighted by molar-refractivity contribution is -0.274. The maximum absolute atomic E-state index is 13.4. The van der Waals surface area contributed by atoms with Crippen LogP contribution in [0.25, 0.3) is 0 Å². The van der Waals surface area contributed by atoms with Gasteiger partial charge in [0.05, 0.1) is 23.4 Å². The Bertz CT molecular complexity index is 805. The fraction of sp³-hybridized carbons (Fsp3) is 0.188. The molecule has 27 heavy (non-hydrogen) atoms. The molecule has 0 radical (unpaired) electrons. The highest BCUT2D eigenvalue weighted by atomic mass is 127. The number of guanidine groups is 1. The molecule has 0 saturated carbocycles. The molecule has 0 fully saturated rings. The average molecular weight is 520 g/mol. The van der Waals surface area contributed by atoms with Gasteiger partial charge in [-0.25, -0.2) is 4.39 Å². The van der Waals surface area contributed by atoms with Crippen molar-refractivity contribution in [1.82, 2.24) is 0 Å². The van der Waals surface area contributed by atoms with Gasteiger partial charge in [0.15, 0.2) is 11.7 Å². The van der Waals surface area contributed by atoms with Crippen molar-refractivity contribution < 1.29 is 27.4 Å². The van der Waals surface area contributed by atoms with Gasteiger partial charge in [-0.05, 0) is 29.8 Å². The van der Waals surface area contributed by atoms with Crippen LogP contribution >= 0.6 is 35.6 Å². The Kier molecular flexibility index (Phi) is 8.57. The first-order valence-corrected chi connectivity index (χ1v) is 7.58. The van der Waals surface area contributed by atoms with Crippen LogP contribution in [0.4, 0.5) is 23.2 Å². The highest BCUT2D eigenvalue weighted by molar-refractivity contribution is 14.0. The SMILES string of the molecule is I.NC(=NCC(O)c1ccc(Cl)c(F)c1)Nc1ccccc1OC(F)(F)F. The highest BCUT2D eigenvalue weighted by Crippen LogP contribution is 2.29. The van der Waals surface area contributed by atoms with Gasteiger partial charge in [0.2, 0.25) is 0 Å². The zero-order valence-electron chi connectivity index (χ0n) is 13.5. The number of halogens is 6. The van der Waals surface area contributed by atoms with Crippen LogP contribution in [0, 0.1) is 5.82 Å². The van der Waals surface area contributed by atoms with Crippen LogP contribution in [0.2, 0.25) is 5.02 Å². The third kappa shape index (κ3) is 7.39. The standard InChI is InChI=1S/C16H14ClF4N3O2.HI/c17-10-6-5-9(7-11(10)18)13(25)8-23-15(22)24-12-3-1-2-4-14(12)26-16(19,20)21;/h1-7,13,25H,8H2,(H3,22,23,24);1H. The third-order valence-electron chi connectivity index (χ3n) is 3.14. The molecular formula is C16H15ClF4IN3O2. The summed E-state index contributed by atoms with van der Waals surface area (Å²) in [5, 5.41) is 12.4. The van der Waals surface area contributed by atoms with E-state index in [4.69, 9.17) is 17.3 Å². The Labute approximate surface area is 174 Å². The summed E-state index contributed by atoms with van der Waals surface area (Å²) in [5.41, 5.74) is 5.78. The van der Waals surface area contributed by atoms with Gasteiger partial charge in [-0.15, -0.1) is 37.1 Å². The van der Waals surface area contributed by atoms with Crippen LogP contribution in [0.5, 0.6) is 5.75 Å². The van der Waals surface area contributed by atoms with Crippen LogP contribution in [0.15, 0.2) is 47.5 Å². The van der Waals surface area contributed by atoms with E-state index in [2.05, 4.69) is 15.0 Å². The number of nitrogens with two attached hydrogens (primary N) is 1. The largest absolute Gasteiger partial charge is 0.573 e. The molecule has 2 aromatic carbocycles. The number of hydrogen-bond acceptors (Lipinski definition) is 3. The number of nitrogens with one attached hydrogen (secondary N) is 1. The van der Waals surface area contributed by atoms with Gasteiger partial charge < -0.3 is 20.9 Å². The summed E-state index contributed by atoms with van der Waals surface area (Å²) in [6.07, 6.45) is -6.04. The number of ether oxygens (including phenoxy) is 1. The molecule has 0 bridgehead atoms. The van der Waals surface area contributed by atoms with Gasteiger partial charge in [0.1, 0.15) is 5.82 Å². The molecule has 0 heterocycles. The number of aliphatic hydroxyl groups is 1. The molecule has 0 aliphatic carbocycles. The molecule has 0 spiro atoms. The van der Waals surface area contributed by atoms with Crippen LogP contribution < -0.4 is 15.8 Å². The summed E-state index contributed by atoms with van der Waals surface area (Å²) in [7, 11) is 0. The van der Waals surface area contributed by atoms with Gasteiger partial charge in [-0.1, -0.05) is 29.8 Å². The molecular weight excluding hydrogens is 505 g/mol. The first kappa shape index (κ1) is 23.2. The molecule has 5 nitrogen and oxygen atoms in total. The molecule has 0 aliphatic heterocycles. The van der Waals surface area contributed by atoms with E-state index in [1.165, 1.54) is 30.3 Å². The van der Waals surface area contributed by atoms with E-state index in [0.29, 0.717) is 0 Å². The van der Waals surface area contributed by atoms with Gasteiger partial charge in [-0.2, -0.15) is 0 Å². The number of benzene rings is 2. The number of aliphatic imine (C=N–C) groups is 1. The highest BCUT2D eigenvalue weighted by Gasteiger charge is 2.32. The molecule has 1 atom stereocenters. The lowest BCUT2D eigenvalue weighted by Gasteiger charge is -2.14. The summed E-state index contributed by atoms with van der Waals surface area (Å²) in [6, 6.07) is 9.01. The van der Waals surface area contributed by atoms with Crippen molar-refractivity contribution in [2.75, 3.05) is 11.9 Å². The molecule has 2 rings (SSSR count). The van der Waals surface area contributed by atoms with E-state index in [-0.39, 0.29) is 52.8 Å². The van der Waals surface area contributed by atoms with Gasteiger partial charge in [0.25, 0.3) is 0 Å². The lowest BCUT2D eigenvalue weighted by atomic mass is 10.1. The molecule has 2 aromatic rings. The van der Waals surface area contributed by atoms with Crippen molar-refractivity contribution in [3.8, 4) is 5.75 Å². The van der Waals surface area contributed by atoms with E-state index >= 15 is 0 Å². The molecule has 148 valence electrons. The maximum Gasteiger partial charge on any atom is 0.573 e. The minimum absolute atomic E-state index is 0. The molecule has 0 amide bonds. The quantitative estimate of drug-likeness (QED) is 0.236. The molecule has 0 saturated heterocycles. The van der Waals surface area contributed by atoms with Crippen LogP contribution in [-0.2, 0) is 0 Å². The fourth-order valence-corrected chi connectivity index (χ4v) is 2.09. The van der Waals surface area contributed by atoms with Crippen molar-refractivity contribution in [3.05, 3.63) is 58.9 Å². The number of rotatable bonds is 5. The Balaban J connectivity index is 0.00000364. The van der Waals surface area contributed by atoms with Crippen molar-refractivity contribution >= 4 is 47.2 Å². The summed E-state index contributed by atoms with van der Waals surface area (Å²) in [5.74, 6) is -1.44. The average Bonchev–Trinajstić information content (AvgIpc) is 2.55. The number of para-hydroxylation sites is 2. The fourth-order valence-electron chi connectivity index (χ4n) is 1.97. The van der Waals surface area contributed by atoms with E-state index < -0.39 is 24.0 Å². The number of alkyl halides is 3. The van der Waals surface area contributed by atoms with Gasteiger partial charge in [-0.3, -0.25) is 4.99 Å². The third-order valence-corrected chi connectivity index (χ3v) is 3.45. The molecule has 0 aliphatic rings. The zero-order valence-corrected chi connectivity index (χ0v) is 16.6. The maximum atomic E-state index is 13.4. The normalized spacial score (nSPS) is 12.9. The molecule has 0 aromatic heterocycles. The minimum Gasteiger partial charge on any atom is -0.404 e. The van der Waals surface area contributed by atoms with E-state index in [1.807, 2.05) is 0 Å². The van der Waals surface area contributed by atoms with Crippen LogP contribution in [0.3, 0.4) is 0 Å².